The molecule has 192 valence electrons. The highest BCUT2D eigenvalue weighted by atomic mass is 17.2. The Labute approximate surface area is 219 Å². The van der Waals surface area contributed by atoms with E-state index < -0.39 is 0 Å². The van der Waals surface area contributed by atoms with Crippen molar-refractivity contribution in [3.8, 4) is 0 Å². The number of carbonyl (C=O) groups is 2. The Bertz CT molecular complexity index is 1250. The molecule has 0 bridgehead atoms. The van der Waals surface area contributed by atoms with E-state index in [1.807, 2.05) is 48.5 Å². The number of carbonyl (C=O) groups excluding carboxylic acids is 2. The zero-order chi connectivity index (χ0) is 26.0. The summed E-state index contributed by atoms with van der Waals surface area (Å²) in [6.07, 6.45) is 5.20. The SMILES string of the molecule is CC(C)(C)C1CCC(OOCc2ccc3c(c2)C(=O)N(c2ccc(Cc4ccccc4)cc2)C3=O)CC1. The molecule has 0 unspecified atom stereocenters. The fraction of sp³-hybridized carbons (Fsp3) is 0.375. The predicted molar refractivity (Wildman–Crippen MR) is 144 cm³/mol. The highest BCUT2D eigenvalue weighted by Gasteiger charge is 2.37. The monoisotopic (exact) mass is 497 g/mol. The summed E-state index contributed by atoms with van der Waals surface area (Å²) >= 11 is 0. The summed E-state index contributed by atoms with van der Waals surface area (Å²) in [5.41, 5.74) is 4.88. The van der Waals surface area contributed by atoms with Gasteiger partial charge in [0.05, 0.1) is 22.9 Å². The number of imide groups is 1. The summed E-state index contributed by atoms with van der Waals surface area (Å²) in [7, 11) is 0. The maximum atomic E-state index is 13.2. The van der Waals surface area contributed by atoms with Crippen LogP contribution in [0.15, 0.2) is 72.8 Å². The van der Waals surface area contributed by atoms with Crippen LogP contribution in [0.3, 0.4) is 0 Å². The average molecular weight is 498 g/mol. The fourth-order valence-corrected chi connectivity index (χ4v) is 5.43. The first-order valence-electron chi connectivity index (χ1n) is 13.2. The van der Waals surface area contributed by atoms with E-state index in [4.69, 9.17) is 9.78 Å². The van der Waals surface area contributed by atoms with Gasteiger partial charge < -0.3 is 0 Å². The minimum atomic E-state index is -0.306. The third-order valence-corrected chi connectivity index (χ3v) is 7.73. The van der Waals surface area contributed by atoms with Gasteiger partial charge in [-0.15, -0.1) is 0 Å². The van der Waals surface area contributed by atoms with Crippen molar-refractivity contribution in [2.24, 2.45) is 11.3 Å². The van der Waals surface area contributed by atoms with Gasteiger partial charge in [-0.2, -0.15) is 0 Å². The Morgan fingerprint density at radius 1 is 0.757 bits per heavy atom. The first-order valence-corrected chi connectivity index (χ1v) is 13.2. The highest BCUT2D eigenvalue weighted by Crippen LogP contribution is 2.38. The lowest BCUT2D eigenvalue weighted by Crippen LogP contribution is -2.29. The van der Waals surface area contributed by atoms with E-state index >= 15 is 0 Å². The third-order valence-electron chi connectivity index (χ3n) is 7.73. The summed E-state index contributed by atoms with van der Waals surface area (Å²) in [6, 6.07) is 23.1. The third kappa shape index (κ3) is 5.68. The van der Waals surface area contributed by atoms with Gasteiger partial charge in [0.15, 0.2) is 0 Å². The molecule has 0 N–H and O–H groups in total. The minimum absolute atomic E-state index is 0.108. The number of nitrogens with zero attached hydrogens (tertiary/aromatic N) is 1. The summed E-state index contributed by atoms with van der Waals surface area (Å²) in [5, 5.41) is 0. The maximum absolute atomic E-state index is 13.2. The second-order valence-electron chi connectivity index (χ2n) is 11.4. The molecule has 1 saturated carbocycles. The molecule has 5 nitrogen and oxygen atoms in total. The molecule has 0 aromatic heterocycles. The molecule has 0 spiro atoms. The molecular weight excluding hydrogens is 462 g/mol. The number of anilines is 1. The van der Waals surface area contributed by atoms with Crippen molar-refractivity contribution in [2.75, 3.05) is 4.90 Å². The molecule has 1 fully saturated rings. The normalized spacial score (nSPS) is 19.8. The molecule has 2 aliphatic rings. The number of hydrogen-bond acceptors (Lipinski definition) is 4. The van der Waals surface area contributed by atoms with Gasteiger partial charge in [-0.1, -0.05) is 69.3 Å². The van der Waals surface area contributed by atoms with Crippen LogP contribution in [0, 0.1) is 11.3 Å². The molecule has 37 heavy (non-hydrogen) atoms. The van der Waals surface area contributed by atoms with Crippen LogP contribution in [0.2, 0.25) is 0 Å². The average Bonchev–Trinajstić information content (AvgIpc) is 3.14. The number of benzene rings is 3. The smallest absolute Gasteiger partial charge is 0.266 e. The molecule has 0 atom stereocenters. The quantitative estimate of drug-likeness (QED) is 0.198. The van der Waals surface area contributed by atoms with Crippen molar-refractivity contribution in [1.29, 1.82) is 0 Å². The van der Waals surface area contributed by atoms with Crippen molar-refractivity contribution in [2.45, 2.75) is 65.6 Å². The van der Waals surface area contributed by atoms with Gasteiger partial charge in [0.1, 0.15) is 6.61 Å². The topological polar surface area (TPSA) is 55.8 Å². The molecule has 1 aliphatic heterocycles. The van der Waals surface area contributed by atoms with E-state index in [-0.39, 0.29) is 24.5 Å². The molecule has 0 radical (unpaired) electrons. The molecule has 5 rings (SSSR count). The van der Waals surface area contributed by atoms with Crippen molar-refractivity contribution in [3.63, 3.8) is 0 Å². The van der Waals surface area contributed by atoms with Gasteiger partial charge in [-0.05, 0) is 84.4 Å². The predicted octanol–water partition coefficient (Wildman–Crippen LogP) is 7.13. The molecular formula is C32H35NO4. The first kappa shape index (κ1) is 25.4. The van der Waals surface area contributed by atoms with Gasteiger partial charge in [-0.3, -0.25) is 9.59 Å². The second kappa shape index (κ2) is 10.6. The molecule has 3 aromatic carbocycles. The van der Waals surface area contributed by atoms with Gasteiger partial charge in [0, 0.05) is 0 Å². The molecule has 3 aromatic rings. The van der Waals surface area contributed by atoms with Gasteiger partial charge in [-0.25, -0.2) is 14.7 Å². The molecule has 5 heteroatoms. The molecule has 1 aliphatic carbocycles. The number of amides is 2. The van der Waals surface area contributed by atoms with Crippen molar-refractivity contribution in [1.82, 2.24) is 0 Å². The van der Waals surface area contributed by atoms with Crippen LogP contribution >= 0.6 is 0 Å². The molecule has 0 saturated heterocycles. The number of fused-ring (bicyclic) bond motifs is 1. The zero-order valence-electron chi connectivity index (χ0n) is 21.9. The molecule has 1 heterocycles. The standard InChI is InChI=1S/C32H35NO4/c1-32(2,3)25-12-16-27(17-13-25)37-36-21-24-11-18-28-29(20-24)31(35)33(30(28)34)26-14-9-23(10-15-26)19-22-7-5-4-6-8-22/h4-11,14-15,18,20,25,27H,12-13,16-17,19,21H2,1-3H3. The van der Waals surface area contributed by atoms with Crippen LogP contribution in [0.5, 0.6) is 0 Å². The van der Waals surface area contributed by atoms with Gasteiger partial charge >= 0.3 is 0 Å². The van der Waals surface area contributed by atoms with Crippen LogP contribution in [0.1, 0.15) is 83.9 Å². The number of hydrogen-bond donors (Lipinski definition) is 0. The van der Waals surface area contributed by atoms with E-state index in [2.05, 4.69) is 32.9 Å². The van der Waals surface area contributed by atoms with E-state index in [0.29, 0.717) is 22.2 Å². The minimum Gasteiger partial charge on any atom is -0.268 e. The Hall–Kier alpha value is -3.28. The highest BCUT2D eigenvalue weighted by molar-refractivity contribution is 6.34. The van der Waals surface area contributed by atoms with Crippen molar-refractivity contribution < 1.29 is 19.4 Å². The Balaban J connectivity index is 1.18. The van der Waals surface area contributed by atoms with E-state index in [1.165, 1.54) is 10.5 Å². The summed E-state index contributed by atoms with van der Waals surface area (Å²) in [4.78, 5) is 38.8. The van der Waals surface area contributed by atoms with Crippen LogP contribution in [0.25, 0.3) is 0 Å². The Morgan fingerprint density at radius 2 is 1.38 bits per heavy atom. The molecule has 2 amide bonds. The number of rotatable bonds is 7. The maximum Gasteiger partial charge on any atom is 0.266 e. The lowest BCUT2D eigenvalue weighted by molar-refractivity contribution is -0.338. The largest absolute Gasteiger partial charge is 0.268 e. The first-order chi connectivity index (χ1) is 17.8. The van der Waals surface area contributed by atoms with E-state index in [9.17, 15) is 9.59 Å². The second-order valence-corrected chi connectivity index (χ2v) is 11.4. The fourth-order valence-electron chi connectivity index (χ4n) is 5.43. The van der Waals surface area contributed by atoms with E-state index in [1.54, 1.807) is 12.1 Å². The van der Waals surface area contributed by atoms with Crippen LogP contribution < -0.4 is 4.90 Å². The Kier molecular flexibility index (Phi) is 7.27. The summed E-state index contributed by atoms with van der Waals surface area (Å²) in [6.45, 7) is 7.15. The Morgan fingerprint density at radius 3 is 2.05 bits per heavy atom. The lowest BCUT2D eigenvalue weighted by atomic mass is 9.72. The van der Waals surface area contributed by atoms with Gasteiger partial charge in [0.2, 0.25) is 0 Å². The van der Waals surface area contributed by atoms with Gasteiger partial charge in [0.25, 0.3) is 11.8 Å². The van der Waals surface area contributed by atoms with E-state index in [0.717, 1.165) is 49.1 Å². The van der Waals surface area contributed by atoms with Crippen LogP contribution in [-0.4, -0.2) is 17.9 Å². The van der Waals surface area contributed by atoms with Crippen molar-refractivity contribution >= 4 is 17.5 Å². The summed E-state index contributed by atoms with van der Waals surface area (Å²) in [5.74, 6) is 0.116. The van der Waals surface area contributed by atoms with Crippen molar-refractivity contribution in [3.05, 3.63) is 101 Å². The van der Waals surface area contributed by atoms with Crippen LogP contribution in [0.4, 0.5) is 5.69 Å². The zero-order valence-corrected chi connectivity index (χ0v) is 21.9. The summed E-state index contributed by atoms with van der Waals surface area (Å²) < 4.78 is 0. The lowest BCUT2D eigenvalue weighted by Gasteiger charge is -2.36. The van der Waals surface area contributed by atoms with Crippen LogP contribution in [-0.2, 0) is 22.8 Å².